The quantitative estimate of drug-likeness (QED) is 0.687. The van der Waals surface area contributed by atoms with Gasteiger partial charge in [0.15, 0.2) is 11.5 Å². The van der Waals surface area contributed by atoms with Crippen LogP contribution in [0.25, 0.3) is 0 Å². The van der Waals surface area contributed by atoms with Crippen LogP contribution in [-0.2, 0) is 14.3 Å². The van der Waals surface area contributed by atoms with Gasteiger partial charge in [-0.15, -0.1) is 11.8 Å². The molecule has 0 unspecified atom stereocenters. The van der Waals surface area contributed by atoms with E-state index in [2.05, 4.69) is 5.32 Å². The smallest absolute Gasteiger partial charge is 0.240 e. The molecule has 2 aromatic carbocycles. The number of thioether (sulfide) groups is 1. The number of carbonyl (C=O) groups is 2. The predicted octanol–water partition coefficient (Wildman–Crippen LogP) is 3.57. The summed E-state index contributed by atoms with van der Waals surface area (Å²) in [6.07, 6.45) is 2.31. The van der Waals surface area contributed by atoms with Crippen molar-refractivity contribution in [2.75, 3.05) is 38.8 Å². The van der Waals surface area contributed by atoms with Crippen molar-refractivity contribution in [3.8, 4) is 11.5 Å². The normalized spacial score (nSPS) is 20.4. The maximum absolute atomic E-state index is 13.3. The Kier molecular flexibility index (Phi) is 7.22. The maximum Gasteiger partial charge on any atom is 0.240 e. The highest BCUT2D eigenvalue weighted by Crippen LogP contribution is 2.46. The first-order valence-corrected chi connectivity index (χ1v) is 11.6. The first-order valence-electron chi connectivity index (χ1n) is 10.8. The van der Waals surface area contributed by atoms with E-state index < -0.39 is 0 Å². The van der Waals surface area contributed by atoms with Gasteiger partial charge in [0.05, 0.1) is 26.0 Å². The molecule has 0 saturated carbocycles. The lowest BCUT2D eigenvalue weighted by molar-refractivity contribution is -0.124. The third kappa shape index (κ3) is 5.02. The van der Waals surface area contributed by atoms with Gasteiger partial charge in [-0.25, -0.2) is 0 Å². The Labute approximate surface area is 192 Å². The second-order valence-electron chi connectivity index (χ2n) is 7.81. The van der Waals surface area contributed by atoms with E-state index in [-0.39, 0.29) is 36.1 Å². The minimum atomic E-state index is -0.182. The molecular weight excluding hydrogens is 428 g/mol. The number of rotatable bonds is 7. The van der Waals surface area contributed by atoms with Crippen molar-refractivity contribution in [1.29, 1.82) is 0 Å². The van der Waals surface area contributed by atoms with Gasteiger partial charge in [-0.2, -0.15) is 0 Å². The second-order valence-corrected chi connectivity index (χ2v) is 9.06. The summed E-state index contributed by atoms with van der Waals surface area (Å²) in [4.78, 5) is 28.5. The number of para-hydroxylation sites is 1. The monoisotopic (exact) mass is 456 g/mol. The summed E-state index contributed by atoms with van der Waals surface area (Å²) in [5.41, 5.74) is 1.73. The zero-order valence-electron chi connectivity index (χ0n) is 18.3. The van der Waals surface area contributed by atoms with Gasteiger partial charge in [-0.3, -0.25) is 9.59 Å². The Morgan fingerprint density at radius 3 is 2.75 bits per heavy atom. The predicted molar refractivity (Wildman–Crippen MR) is 124 cm³/mol. The van der Waals surface area contributed by atoms with Crippen molar-refractivity contribution in [1.82, 2.24) is 5.32 Å². The molecule has 2 aliphatic rings. The number of nitrogens with zero attached hydrogens (tertiary/aromatic N) is 1. The first-order chi connectivity index (χ1) is 15.6. The molecule has 8 heteroatoms. The lowest BCUT2D eigenvalue weighted by Crippen LogP contribution is -2.42. The number of fused-ring (bicyclic) bond motifs is 1. The lowest BCUT2D eigenvalue weighted by Gasteiger charge is -2.22. The summed E-state index contributed by atoms with van der Waals surface area (Å²) in [6.45, 7) is 1.21. The Balaban J connectivity index is 1.53. The van der Waals surface area contributed by atoms with Gasteiger partial charge in [0.25, 0.3) is 0 Å². The van der Waals surface area contributed by atoms with E-state index in [4.69, 9.17) is 14.2 Å². The molecule has 0 aromatic heterocycles. The highest BCUT2D eigenvalue weighted by Gasteiger charge is 2.31. The fourth-order valence-electron chi connectivity index (χ4n) is 4.02. The van der Waals surface area contributed by atoms with Gasteiger partial charge < -0.3 is 24.4 Å². The minimum Gasteiger partial charge on any atom is -0.493 e. The van der Waals surface area contributed by atoms with Crippen LogP contribution in [-0.4, -0.2) is 51.8 Å². The summed E-state index contributed by atoms with van der Waals surface area (Å²) in [7, 11) is 3.19. The number of methoxy groups -OCH3 is 2. The zero-order valence-corrected chi connectivity index (χ0v) is 19.2. The van der Waals surface area contributed by atoms with Crippen LogP contribution in [0.3, 0.4) is 0 Å². The van der Waals surface area contributed by atoms with Gasteiger partial charge in [-0.1, -0.05) is 18.2 Å². The number of nitrogens with one attached hydrogen (secondary N) is 1. The molecule has 170 valence electrons. The molecule has 0 radical (unpaired) electrons. The number of hydrogen-bond acceptors (Lipinski definition) is 6. The Hall–Kier alpha value is -2.71. The van der Waals surface area contributed by atoms with E-state index in [1.165, 1.54) is 0 Å². The van der Waals surface area contributed by atoms with Gasteiger partial charge >= 0.3 is 0 Å². The average molecular weight is 457 g/mol. The second kappa shape index (κ2) is 10.3. The molecule has 2 atom stereocenters. The molecule has 2 heterocycles. The fraction of sp³-hybridized carbons (Fsp3) is 0.417. The van der Waals surface area contributed by atoms with E-state index in [1.54, 1.807) is 30.9 Å². The van der Waals surface area contributed by atoms with E-state index in [9.17, 15) is 9.59 Å². The maximum atomic E-state index is 13.3. The number of amides is 2. The van der Waals surface area contributed by atoms with Crippen LogP contribution in [0.5, 0.6) is 11.5 Å². The number of anilines is 1. The molecule has 32 heavy (non-hydrogen) atoms. The molecule has 1 N–H and O–H groups in total. The van der Waals surface area contributed by atoms with Crippen LogP contribution >= 0.6 is 11.8 Å². The van der Waals surface area contributed by atoms with Crippen LogP contribution in [0.15, 0.2) is 47.4 Å². The Bertz CT molecular complexity index is 977. The van der Waals surface area contributed by atoms with E-state index in [0.29, 0.717) is 18.0 Å². The average Bonchev–Trinajstić information content (AvgIpc) is 3.30. The summed E-state index contributed by atoms with van der Waals surface area (Å²) >= 11 is 1.62. The molecule has 1 saturated heterocycles. The number of carbonyl (C=O) groups excluding carboxylic acids is 2. The summed E-state index contributed by atoms with van der Waals surface area (Å²) in [5, 5.41) is 2.81. The fourth-order valence-corrected chi connectivity index (χ4v) is 5.29. The largest absolute Gasteiger partial charge is 0.493 e. The summed E-state index contributed by atoms with van der Waals surface area (Å²) < 4.78 is 16.4. The highest BCUT2D eigenvalue weighted by atomic mass is 32.2. The van der Waals surface area contributed by atoms with Crippen molar-refractivity contribution in [2.45, 2.75) is 35.5 Å². The van der Waals surface area contributed by atoms with Gasteiger partial charge in [0.1, 0.15) is 6.54 Å². The summed E-state index contributed by atoms with van der Waals surface area (Å²) in [5.74, 6) is 1.000. The van der Waals surface area contributed by atoms with Crippen molar-refractivity contribution in [3.63, 3.8) is 0 Å². The van der Waals surface area contributed by atoms with Crippen molar-refractivity contribution < 1.29 is 23.8 Å². The molecule has 0 spiro atoms. The highest BCUT2D eigenvalue weighted by molar-refractivity contribution is 7.99. The molecule has 2 amide bonds. The Morgan fingerprint density at radius 1 is 1.19 bits per heavy atom. The molecule has 2 aliphatic heterocycles. The Morgan fingerprint density at radius 2 is 2.00 bits per heavy atom. The topological polar surface area (TPSA) is 77.1 Å². The van der Waals surface area contributed by atoms with Gasteiger partial charge in [0, 0.05) is 29.7 Å². The van der Waals surface area contributed by atoms with Crippen LogP contribution in [0, 0.1) is 0 Å². The minimum absolute atomic E-state index is 0.0121. The molecule has 1 fully saturated rings. The number of hydrogen-bond donors (Lipinski definition) is 1. The number of ether oxygens (including phenoxy) is 3. The van der Waals surface area contributed by atoms with E-state index in [0.717, 1.165) is 35.6 Å². The lowest BCUT2D eigenvalue weighted by atomic mass is 10.1. The molecule has 2 aromatic rings. The molecule has 7 nitrogen and oxygen atoms in total. The van der Waals surface area contributed by atoms with E-state index in [1.807, 2.05) is 42.5 Å². The van der Waals surface area contributed by atoms with E-state index >= 15 is 0 Å². The molecule has 0 aliphatic carbocycles. The SMILES string of the molecule is COc1ccc([C@H]2CC(=O)N(CC(=O)NC[C@@H]3CCCO3)c3ccccc3S2)cc1OC. The first kappa shape index (κ1) is 22.5. The zero-order chi connectivity index (χ0) is 22.5. The standard InChI is InChI=1S/C24H28N2O5S/c1-29-19-10-9-16(12-20(19)30-2)22-13-24(28)26(18-7-3-4-8-21(18)32-22)15-23(27)25-14-17-6-5-11-31-17/h3-4,7-10,12,17,22H,5-6,11,13-15H2,1-2H3,(H,25,27)/t17-,22+/m0/s1. The third-order valence-corrected chi connectivity index (χ3v) is 7.04. The van der Waals surface area contributed by atoms with Crippen LogP contribution in [0.1, 0.15) is 30.1 Å². The van der Waals surface area contributed by atoms with Gasteiger partial charge in [0.2, 0.25) is 11.8 Å². The third-order valence-electron chi connectivity index (χ3n) is 5.72. The van der Waals surface area contributed by atoms with Gasteiger partial charge in [-0.05, 0) is 42.7 Å². The van der Waals surface area contributed by atoms with Crippen LogP contribution in [0.2, 0.25) is 0 Å². The molecular formula is C24H28N2O5S. The van der Waals surface area contributed by atoms with Crippen molar-refractivity contribution in [2.24, 2.45) is 0 Å². The molecule has 0 bridgehead atoms. The van der Waals surface area contributed by atoms with Crippen molar-refractivity contribution in [3.05, 3.63) is 48.0 Å². The van der Waals surface area contributed by atoms with Crippen LogP contribution < -0.4 is 19.7 Å². The molecule has 4 rings (SSSR count). The van der Waals surface area contributed by atoms with Crippen molar-refractivity contribution >= 4 is 29.3 Å². The number of benzene rings is 2. The summed E-state index contributed by atoms with van der Waals surface area (Å²) in [6, 6.07) is 13.4. The van der Waals surface area contributed by atoms with Crippen LogP contribution in [0.4, 0.5) is 5.69 Å².